The van der Waals surface area contributed by atoms with E-state index in [0.717, 1.165) is 22.8 Å². The fraction of sp³-hybridized carbons (Fsp3) is 0.160. The zero-order chi connectivity index (χ0) is 22.0. The van der Waals surface area contributed by atoms with E-state index in [1.54, 1.807) is 0 Å². The van der Waals surface area contributed by atoms with Crippen LogP contribution in [0.25, 0.3) is 5.57 Å². The number of nitrogens with zero attached hydrogens (tertiary/aromatic N) is 2. The average molecular weight is 455 g/mol. The van der Waals surface area contributed by atoms with Gasteiger partial charge < -0.3 is 0 Å². The minimum atomic E-state index is -0.651. The molecule has 0 aromatic heterocycles. The van der Waals surface area contributed by atoms with Gasteiger partial charge in [-0.2, -0.15) is 5.26 Å². The van der Waals surface area contributed by atoms with Gasteiger partial charge in [0.15, 0.2) is 0 Å². The topological polar surface area (TPSA) is 27.0 Å². The Balaban J connectivity index is 1.68. The molecule has 3 aromatic rings. The normalized spacial score (nSPS) is 13.7. The Bertz CT molecular complexity index is 1090. The van der Waals surface area contributed by atoms with Crippen molar-refractivity contribution in [3.8, 4) is 6.07 Å². The second kappa shape index (κ2) is 9.20. The van der Waals surface area contributed by atoms with Gasteiger partial charge in [-0.25, -0.2) is 8.78 Å². The first-order chi connectivity index (χ1) is 14.9. The number of hydrogen-bond acceptors (Lipinski definition) is 2. The number of halogens is 4. The zero-order valence-electron chi connectivity index (χ0n) is 16.5. The smallest absolute Gasteiger partial charge is 0.126 e. The summed E-state index contributed by atoms with van der Waals surface area (Å²) in [5.74, 6) is -1.30. The van der Waals surface area contributed by atoms with E-state index in [1.165, 1.54) is 12.1 Å². The van der Waals surface area contributed by atoms with Crippen LogP contribution in [0.2, 0.25) is 10.0 Å². The van der Waals surface area contributed by atoms with Crippen molar-refractivity contribution in [3.05, 3.63) is 111 Å². The Morgan fingerprint density at radius 1 is 0.871 bits per heavy atom. The quantitative estimate of drug-likeness (QED) is 0.413. The predicted octanol–water partition coefficient (Wildman–Crippen LogP) is 7.04. The monoisotopic (exact) mass is 454 g/mol. The molecule has 1 heterocycles. The van der Waals surface area contributed by atoms with Crippen LogP contribution in [0.1, 0.15) is 29.2 Å². The molecule has 156 valence electrons. The van der Waals surface area contributed by atoms with Gasteiger partial charge in [0, 0.05) is 29.2 Å². The van der Waals surface area contributed by atoms with Crippen molar-refractivity contribution >= 4 is 28.8 Å². The standard InChI is InChI=1S/C25H18Cl2F2N2/c26-20-5-1-16(2-6-20)25(17-3-7-21(27)8-4-17)31-14-19(15-31)24(9-10-30)18-11-22(28)13-23(29)12-18/h1-8,11-13,25H,9,14-15H2. The maximum Gasteiger partial charge on any atom is 0.126 e. The highest BCUT2D eigenvalue weighted by atomic mass is 35.5. The van der Waals surface area contributed by atoms with Crippen LogP contribution in [0.4, 0.5) is 8.78 Å². The van der Waals surface area contributed by atoms with Crippen LogP contribution in [-0.2, 0) is 0 Å². The van der Waals surface area contributed by atoms with E-state index < -0.39 is 11.6 Å². The summed E-state index contributed by atoms with van der Waals surface area (Å²) in [5, 5.41) is 10.6. The first kappa shape index (κ1) is 21.5. The van der Waals surface area contributed by atoms with Gasteiger partial charge in [-0.05, 0) is 64.2 Å². The fourth-order valence-corrected chi connectivity index (χ4v) is 4.21. The van der Waals surface area contributed by atoms with Crippen LogP contribution in [-0.4, -0.2) is 18.0 Å². The number of rotatable bonds is 5. The highest BCUT2D eigenvalue weighted by molar-refractivity contribution is 6.30. The van der Waals surface area contributed by atoms with E-state index in [0.29, 0.717) is 34.3 Å². The van der Waals surface area contributed by atoms with E-state index in [4.69, 9.17) is 23.2 Å². The SMILES string of the molecule is N#CCC(=C1CN(C(c2ccc(Cl)cc2)c2ccc(Cl)cc2)C1)c1cc(F)cc(F)c1. The van der Waals surface area contributed by atoms with Crippen LogP contribution >= 0.6 is 23.2 Å². The third-order valence-corrected chi connectivity index (χ3v) is 5.92. The van der Waals surface area contributed by atoms with Gasteiger partial charge in [0.25, 0.3) is 0 Å². The Morgan fingerprint density at radius 3 is 1.81 bits per heavy atom. The van der Waals surface area contributed by atoms with Gasteiger partial charge in [-0.1, -0.05) is 47.5 Å². The summed E-state index contributed by atoms with van der Waals surface area (Å²) in [6, 6.07) is 20.8. The molecule has 0 aliphatic carbocycles. The Labute approximate surface area is 189 Å². The first-order valence-electron chi connectivity index (χ1n) is 9.74. The summed E-state index contributed by atoms with van der Waals surface area (Å²) in [4.78, 5) is 2.24. The van der Waals surface area contributed by atoms with Gasteiger partial charge in [-0.15, -0.1) is 0 Å². The lowest BCUT2D eigenvalue weighted by molar-refractivity contribution is 0.202. The van der Waals surface area contributed by atoms with Crippen molar-refractivity contribution in [2.45, 2.75) is 12.5 Å². The summed E-state index contributed by atoms with van der Waals surface area (Å²) in [6.07, 6.45) is 0.0959. The van der Waals surface area contributed by atoms with Gasteiger partial charge in [0.1, 0.15) is 11.6 Å². The molecule has 0 spiro atoms. The number of benzene rings is 3. The third-order valence-electron chi connectivity index (χ3n) is 5.42. The van der Waals surface area contributed by atoms with Crippen LogP contribution in [0.15, 0.2) is 72.3 Å². The van der Waals surface area contributed by atoms with Crippen LogP contribution in [0.5, 0.6) is 0 Å². The fourth-order valence-electron chi connectivity index (χ4n) is 3.96. The van der Waals surface area contributed by atoms with Crippen molar-refractivity contribution in [2.75, 3.05) is 13.1 Å². The molecule has 1 aliphatic heterocycles. The van der Waals surface area contributed by atoms with Crippen molar-refractivity contribution in [1.82, 2.24) is 4.90 Å². The predicted molar refractivity (Wildman–Crippen MR) is 120 cm³/mol. The summed E-state index contributed by atoms with van der Waals surface area (Å²) in [7, 11) is 0. The van der Waals surface area contributed by atoms with Crippen molar-refractivity contribution < 1.29 is 8.78 Å². The Kier molecular flexibility index (Phi) is 6.38. The van der Waals surface area contributed by atoms with Gasteiger partial charge in [0.2, 0.25) is 0 Å². The number of likely N-dealkylation sites (tertiary alicyclic amines) is 1. The second-order valence-corrected chi connectivity index (χ2v) is 8.36. The summed E-state index contributed by atoms with van der Waals surface area (Å²) in [6.45, 7) is 1.18. The van der Waals surface area contributed by atoms with Gasteiger partial charge in [-0.3, -0.25) is 4.90 Å². The maximum atomic E-state index is 13.7. The highest BCUT2D eigenvalue weighted by Crippen LogP contribution is 2.38. The average Bonchev–Trinajstić information content (AvgIpc) is 2.70. The molecular formula is C25H18Cl2F2N2. The summed E-state index contributed by atoms with van der Waals surface area (Å²) < 4.78 is 27.5. The molecule has 2 nitrogen and oxygen atoms in total. The Morgan fingerprint density at radius 2 is 1.35 bits per heavy atom. The molecule has 0 amide bonds. The lowest BCUT2D eigenvalue weighted by Crippen LogP contribution is -2.43. The molecule has 3 aromatic carbocycles. The third kappa shape index (κ3) is 4.80. The molecule has 0 radical (unpaired) electrons. The van der Waals surface area contributed by atoms with Gasteiger partial charge >= 0.3 is 0 Å². The molecule has 0 unspecified atom stereocenters. The number of allylic oxidation sites excluding steroid dienone is 1. The largest absolute Gasteiger partial charge is 0.284 e. The van der Waals surface area contributed by atoms with Crippen LogP contribution < -0.4 is 0 Å². The maximum absolute atomic E-state index is 13.7. The number of nitriles is 1. The second-order valence-electron chi connectivity index (χ2n) is 7.49. The van der Waals surface area contributed by atoms with E-state index >= 15 is 0 Å². The molecule has 0 atom stereocenters. The summed E-state index contributed by atoms with van der Waals surface area (Å²) in [5.41, 5.74) is 4.25. The molecule has 1 saturated heterocycles. The van der Waals surface area contributed by atoms with E-state index in [1.807, 2.05) is 48.5 Å². The molecule has 1 aliphatic rings. The molecule has 0 bridgehead atoms. The number of hydrogen-bond donors (Lipinski definition) is 0. The molecule has 31 heavy (non-hydrogen) atoms. The van der Waals surface area contributed by atoms with Crippen molar-refractivity contribution in [3.63, 3.8) is 0 Å². The van der Waals surface area contributed by atoms with Crippen molar-refractivity contribution in [2.24, 2.45) is 0 Å². The minimum Gasteiger partial charge on any atom is -0.284 e. The minimum absolute atomic E-state index is 0.0362. The van der Waals surface area contributed by atoms with Crippen LogP contribution in [0, 0.1) is 23.0 Å². The molecule has 1 fully saturated rings. The lowest BCUT2D eigenvalue weighted by atomic mass is 9.88. The van der Waals surface area contributed by atoms with Crippen LogP contribution in [0.3, 0.4) is 0 Å². The van der Waals surface area contributed by atoms with E-state index in [9.17, 15) is 14.0 Å². The molecule has 4 rings (SSSR count). The summed E-state index contributed by atoms with van der Waals surface area (Å²) >= 11 is 12.1. The Hall–Kier alpha value is -2.71. The van der Waals surface area contributed by atoms with E-state index in [2.05, 4.69) is 11.0 Å². The molecule has 0 N–H and O–H groups in total. The van der Waals surface area contributed by atoms with Crippen molar-refractivity contribution in [1.29, 1.82) is 5.26 Å². The zero-order valence-corrected chi connectivity index (χ0v) is 18.0. The molecular weight excluding hydrogens is 437 g/mol. The van der Waals surface area contributed by atoms with Gasteiger partial charge in [0.05, 0.1) is 18.5 Å². The highest BCUT2D eigenvalue weighted by Gasteiger charge is 2.32. The lowest BCUT2D eigenvalue weighted by Gasteiger charge is -2.42. The molecule has 6 heteroatoms. The first-order valence-corrected chi connectivity index (χ1v) is 10.5. The van der Waals surface area contributed by atoms with E-state index in [-0.39, 0.29) is 12.5 Å². The molecule has 0 saturated carbocycles.